The van der Waals surface area contributed by atoms with Crippen LogP contribution in [0.1, 0.15) is 82.6 Å². The van der Waals surface area contributed by atoms with E-state index in [2.05, 4.69) is 34.9 Å². The molecule has 0 unspecified atom stereocenters. The molecule has 0 spiro atoms. The topological polar surface area (TPSA) is 61.4 Å². The van der Waals surface area contributed by atoms with E-state index in [4.69, 9.17) is 12.2 Å². The van der Waals surface area contributed by atoms with Crippen molar-refractivity contribution in [3.05, 3.63) is 29.8 Å². The van der Waals surface area contributed by atoms with E-state index in [1.165, 1.54) is 44.1 Å². The summed E-state index contributed by atoms with van der Waals surface area (Å²) >= 11 is 5.55. The van der Waals surface area contributed by atoms with Crippen LogP contribution in [0.2, 0.25) is 0 Å². The van der Waals surface area contributed by atoms with Crippen molar-refractivity contribution in [2.24, 2.45) is 35.0 Å². The number of carbonyl (C=O) groups is 1. The Bertz CT molecular complexity index is 952. The normalized spacial score (nSPS) is 46.4. The zero-order valence-corrected chi connectivity index (χ0v) is 20.3. The number of aliphatic hydroxyl groups is 1. The lowest BCUT2D eigenvalue weighted by molar-refractivity contribution is -0.144. The first-order chi connectivity index (χ1) is 15.8. The SMILES string of the molecule is O=C(NC(=S)Nc1ccc(C23C[C@@H]4C[C@H](CC(O)(C4)C2)C3)cc1)C12CC3CC(CC(C3)C1)C2. The lowest BCUT2D eigenvalue weighted by Gasteiger charge is -2.60. The molecule has 0 radical (unpaired) electrons. The van der Waals surface area contributed by atoms with Crippen molar-refractivity contribution >= 4 is 28.9 Å². The molecule has 33 heavy (non-hydrogen) atoms. The number of benzene rings is 1. The Morgan fingerprint density at radius 2 is 1.36 bits per heavy atom. The number of nitrogens with one attached hydrogen (secondary N) is 2. The summed E-state index contributed by atoms with van der Waals surface area (Å²) in [6.45, 7) is 0. The molecule has 8 saturated carbocycles. The van der Waals surface area contributed by atoms with Crippen LogP contribution < -0.4 is 10.6 Å². The van der Waals surface area contributed by atoms with Crippen LogP contribution in [0.5, 0.6) is 0 Å². The van der Waals surface area contributed by atoms with Gasteiger partial charge in [-0.05, 0) is 142 Å². The minimum atomic E-state index is -0.440. The van der Waals surface area contributed by atoms with Crippen LogP contribution in [-0.4, -0.2) is 21.7 Å². The highest BCUT2D eigenvalue weighted by Crippen LogP contribution is 2.62. The molecular formula is C28H36N2O2S. The van der Waals surface area contributed by atoms with Crippen LogP contribution in [0, 0.1) is 35.0 Å². The van der Waals surface area contributed by atoms with Crippen LogP contribution in [0.25, 0.3) is 0 Å². The second kappa shape index (κ2) is 7.04. The maximum Gasteiger partial charge on any atom is 0.232 e. The Morgan fingerprint density at radius 3 is 1.91 bits per heavy atom. The monoisotopic (exact) mass is 464 g/mol. The maximum absolute atomic E-state index is 13.3. The minimum Gasteiger partial charge on any atom is -0.390 e. The quantitative estimate of drug-likeness (QED) is 0.531. The molecule has 4 nitrogen and oxygen atoms in total. The Kier molecular flexibility index (Phi) is 4.45. The molecule has 1 aromatic rings. The number of thiocarbonyl (C=S) groups is 1. The van der Waals surface area contributed by atoms with Crippen molar-refractivity contribution in [1.82, 2.24) is 5.32 Å². The predicted molar refractivity (Wildman–Crippen MR) is 133 cm³/mol. The number of hydrogen-bond donors (Lipinski definition) is 3. The molecule has 0 aliphatic heterocycles. The molecule has 176 valence electrons. The molecule has 1 aromatic carbocycles. The highest BCUT2D eigenvalue weighted by molar-refractivity contribution is 7.80. The van der Waals surface area contributed by atoms with E-state index in [0.717, 1.165) is 62.0 Å². The molecule has 8 aliphatic carbocycles. The molecular weight excluding hydrogens is 428 g/mol. The van der Waals surface area contributed by atoms with Crippen molar-refractivity contribution in [1.29, 1.82) is 0 Å². The third-order valence-electron chi connectivity index (χ3n) is 10.5. The lowest BCUT2D eigenvalue weighted by Crippen LogP contribution is -2.57. The number of amides is 1. The highest BCUT2D eigenvalue weighted by Gasteiger charge is 2.58. The standard InChI is InChI=1S/C28H36N2O2S/c31-24(26-9-17-5-18(10-26)7-19(6-17)11-26)30-25(33)29-23-3-1-22(2-4-23)27-12-20-8-21(13-27)15-28(32,14-20)16-27/h1-4,17-21,32H,5-16H2,(H2,29,30,31,33)/t17?,18?,19?,20-,21-,26?,27?,28?/m0/s1. The van der Waals surface area contributed by atoms with Crippen LogP contribution in [0.15, 0.2) is 24.3 Å². The molecule has 2 atom stereocenters. The minimum absolute atomic E-state index is 0.143. The van der Waals surface area contributed by atoms with Gasteiger partial charge in [0.1, 0.15) is 0 Å². The smallest absolute Gasteiger partial charge is 0.232 e. The molecule has 0 heterocycles. The maximum atomic E-state index is 13.3. The van der Waals surface area contributed by atoms with Gasteiger partial charge in [0.05, 0.1) is 11.0 Å². The van der Waals surface area contributed by atoms with Gasteiger partial charge >= 0.3 is 0 Å². The summed E-state index contributed by atoms with van der Waals surface area (Å²) in [5, 5.41) is 17.9. The summed E-state index contributed by atoms with van der Waals surface area (Å²) in [6.07, 6.45) is 13.8. The Morgan fingerprint density at radius 1 is 0.818 bits per heavy atom. The molecule has 9 rings (SSSR count). The molecule has 8 aliphatic rings. The van der Waals surface area contributed by atoms with Gasteiger partial charge in [-0.25, -0.2) is 0 Å². The van der Waals surface area contributed by atoms with Gasteiger partial charge < -0.3 is 15.7 Å². The number of rotatable bonds is 3. The second-order valence-electron chi connectivity index (χ2n) is 13.1. The second-order valence-corrected chi connectivity index (χ2v) is 13.6. The third kappa shape index (κ3) is 3.40. The number of carbonyl (C=O) groups excluding carboxylic acids is 1. The first-order valence-electron chi connectivity index (χ1n) is 13.3. The number of hydrogen-bond acceptors (Lipinski definition) is 3. The molecule has 8 fully saturated rings. The summed E-state index contributed by atoms with van der Waals surface area (Å²) < 4.78 is 0. The fourth-order valence-corrected chi connectivity index (χ4v) is 10.5. The van der Waals surface area contributed by atoms with E-state index >= 15 is 0 Å². The Hall–Kier alpha value is -1.46. The summed E-state index contributed by atoms with van der Waals surface area (Å²) in [5.74, 6) is 3.76. The van der Waals surface area contributed by atoms with Crippen LogP contribution in [-0.2, 0) is 10.2 Å². The molecule has 1 amide bonds. The average molecular weight is 465 g/mol. The zero-order chi connectivity index (χ0) is 22.4. The van der Waals surface area contributed by atoms with E-state index in [1.54, 1.807) is 0 Å². The van der Waals surface area contributed by atoms with Gasteiger partial charge in [-0.15, -0.1) is 0 Å². The van der Waals surface area contributed by atoms with Gasteiger partial charge in [-0.3, -0.25) is 4.79 Å². The van der Waals surface area contributed by atoms with E-state index in [0.29, 0.717) is 16.9 Å². The Balaban J connectivity index is 1.02. The first kappa shape index (κ1) is 20.9. The fourth-order valence-electron chi connectivity index (χ4n) is 10.2. The molecule has 0 saturated heterocycles. The first-order valence-corrected chi connectivity index (χ1v) is 13.7. The summed E-state index contributed by atoms with van der Waals surface area (Å²) in [6, 6.07) is 8.65. The molecule has 5 heteroatoms. The zero-order valence-electron chi connectivity index (χ0n) is 19.4. The number of anilines is 1. The molecule has 3 N–H and O–H groups in total. The average Bonchev–Trinajstić information content (AvgIpc) is 2.71. The van der Waals surface area contributed by atoms with E-state index in [9.17, 15) is 9.90 Å². The fraction of sp³-hybridized carbons (Fsp3) is 0.714. The van der Waals surface area contributed by atoms with Crippen molar-refractivity contribution in [2.45, 2.75) is 88.1 Å². The van der Waals surface area contributed by atoms with E-state index in [-0.39, 0.29) is 16.7 Å². The summed E-state index contributed by atoms with van der Waals surface area (Å²) in [7, 11) is 0. The lowest BCUT2D eigenvalue weighted by atomic mass is 9.46. The van der Waals surface area contributed by atoms with E-state index < -0.39 is 5.60 Å². The van der Waals surface area contributed by atoms with Crippen molar-refractivity contribution in [2.75, 3.05) is 5.32 Å². The summed E-state index contributed by atoms with van der Waals surface area (Å²) in [4.78, 5) is 13.3. The highest BCUT2D eigenvalue weighted by atomic mass is 32.1. The van der Waals surface area contributed by atoms with Crippen molar-refractivity contribution in [3.63, 3.8) is 0 Å². The molecule has 0 aromatic heterocycles. The van der Waals surface area contributed by atoms with Gasteiger partial charge in [-0.1, -0.05) is 12.1 Å². The summed E-state index contributed by atoms with van der Waals surface area (Å²) in [5.41, 5.74) is 1.82. The van der Waals surface area contributed by atoms with Crippen molar-refractivity contribution in [3.8, 4) is 0 Å². The Labute approximate surface area is 202 Å². The predicted octanol–water partition coefficient (Wildman–Crippen LogP) is 5.30. The van der Waals surface area contributed by atoms with Gasteiger partial charge in [-0.2, -0.15) is 0 Å². The molecule has 8 bridgehead atoms. The van der Waals surface area contributed by atoms with Gasteiger partial charge in [0.25, 0.3) is 0 Å². The van der Waals surface area contributed by atoms with Crippen LogP contribution >= 0.6 is 12.2 Å². The van der Waals surface area contributed by atoms with Crippen molar-refractivity contribution < 1.29 is 9.90 Å². The third-order valence-corrected chi connectivity index (χ3v) is 10.7. The van der Waals surface area contributed by atoms with Gasteiger partial charge in [0.15, 0.2) is 5.11 Å². The van der Waals surface area contributed by atoms with Crippen LogP contribution in [0.3, 0.4) is 0 Å². The van der Waals surface area contributed by atoms with Gasteiger partial charge in [0, 0.05) is 5.69 Å². The van der Waals surface area contributed by atoms with E-state index in [1.807, 2.05) is 0 Å². The largest absolute Gasteiger partial charge is 0.390 e. The van der Waals surface area contributed by atoms with Crippen LogP contribution in [0.4, 0.5) is 5.69 Å². The van der Waals surface area contributed by atoms with Gasteiger partial charge in [0.2, 0.25) is 5.91 Å².